The fourth-order valence-electron chi connectivity index (χ4n) is 3.80. The van der Waals surface area contributed by atoms with Crippen LogP contribution < -0.4 is 0 Å². The molecule has 1 saturated heterocycles. The van der Waals surface area contributed by atoms with Crippen molar-refractivity contribution in [2.45, 2.75) is 45.3 Å². The maximum absolute atomic E-state index is 12.5. The number of aromatic nitrogens is 1. The highest BCUT2D eigenvalue weighted by molar-refractivity contribution is 5.95. The summed E-state index contributed by atoms with van der Waals surface area (Å²) in [5, 5.41) is 10.2. The molecule has 21 heavy (non-hydrogen) atoms. The van der Waals surface area contributed by atoms with Crippen LogP contribution in [0, 0.1) is 12.3 Å². The van der Waals surface area contributed by atoms with Gasteiger partial charge in [-0.1, -0.05) is 0 Å². The normalized spacial score (nSPS) is 27.7. The summed E-state index contributed by atoms with van der Waals surface area (Å²) in [6.07, 6.45) is 4.07. The molecule has 2 heterocycles. The molecular weight excluding hydrogens is 268 g/mol. The van der Waals surface area contributed by atoms with E-state index in [2.05, 4.69) is 4.98 Å². The third-order valence-corrected chi connectivity index (χ3v) is 5.28. The van der Waals surface area contributed by atoms with Crippen LogP contribution in [0.2, 0.25) is 0 Å². The van der Waals surface area contributed by atoms with Crippen molar-refractivity contribution in [1.82, 2.24) is 9.88 Å². The lowest BCUT2D eigenvalue weighted by atomic mass is 9.58. The summed E-state index contributed by atoms with van der Waals surface area (Å²) in [5.41, 5.74) is 1.54. The molecule has 116 valence electrons. The molecule has 3 rings (SSSR count). The fraction of sp³-hybridized carbons (Fsp3) is 0.688. The van der Waals surface area contributed by atoms with Gasteiger partial charge in [-0.15, -0.1) is 0 Å². The van der Waals surface area contributed by atoms with Crippen molar-refractivity contribution in [3.8, 4) is 0 Å². The largest absolute Gasteiger partial charge is 0.392 e. The molecule has 0 aromatic carbocycles. The van der Waals surface area contributed by atoms with Gasteiger partial charge in [-0.25, -0.2) is 0 Å². The fourth-order valence-corrected chi connectivity index (χ4v) is 3.80. The molecule has 1 aliphatic heterocycles. The number of rotatable bonds is 3. The number of hydrogen-bond donors (Lipinski definition) is 2. The highest BCUT2D eigenvalue weighted by Crippen LogP contribution is 2.51. The Morgan fingerprint density at radius 2 is 2.24 bits per heavy atom. The summed E-state index contributed by atoms with van der Waals surface area (Å²) in [6, 6.07) is 1.84. The number of aliphatic hydroxyl groups excluding tert-OH is 1. The molecule has 1 aromatic rings. The van der Waals surface area contributed by atoms with Gasteiger partial charge in [0.2, 0.25) is 0 Å². The second kappa shape index (κ2) is 5.46. The van der Waals surface area contributed by atoms with Gasteiger partial charge in [0.1, 0.15) is 0 Å². The predicted octanol–water partition coefficient (Wildman–Crippen LogP) is 1.72. The number of likely N-dealkylation sites (tertiary alicyclic amines) is 1. The van der Waals surface area contributed by atoms with Gasteiger partial charge >= 0.3 is 0 Å². The van der Waals surface area contributed by atoms with Gasteiger partial charge in [-0.05, 0) is 32.8 Å². The van der Waals surface area contributed by atoms with E-state index in [9.17, 15) is 9.90 Å². The number of aryl methyl sites for hydroxylation is 1. The highest BCUT2D eigenvalue weighted by Gasteiger charge is 2.56. The van der Waals surface area contributed by atoms with Gasteiger partial charge in [-0.3, -0.25) is 4.79 Å². The Morgan fingerprint density at radius 1 is 1.52 bits per heavy atom. The molecule has 0 radical (unpaired) electrons. The van der Waals surface area contributed by atoms with E-state index < -0.39 is 0 Å². The first-order valence-electron chi connectivity index (χ1n) is 7.81. The van der Waals surface area contributed by atoms with E-state index in [0.717, 1.165) is 30.5 Å². The number of carbonyl (C=O) groups is 1. The summed E-state index contributed by atoms with van der Waals surface area (Å²) in [6.45, 7) is 5.99. The van der Waals surface area contributed by atoms with Crippen LogP contribution in [0.5, 0.6) is 0 Å². The average molecular weight is 292 g/mol. The number of ether oxygens (including phenoxy) is 1. The Kier molecular flexibility index (Phi) is 3.80. The van der Waals surface area contributed by atoms with Crippen LogP contribution in [-0.4, -0.2) is 52.8 Å². The van der Waals surface area contributed by atoms with E-state index >= 15 is 0 Å². The second-order valence-corrected chi connectivity index (χ2v) is 6.24. The van der Waals surface area contributed by atoms with Crippen molar-refractivity contribution in [1.29, 1.82) is 0 Å². The zero-order valence-electron chi connectivity index (χ0n) is 12.8. The zero-order valence-corrected chi connectivity index (χ0v) is 12.8. The summed E-state index contributed by atoms with van der Waals surface area (Å²) < 4.78 is 5.76. The van der Waals surface area contributed by atoms with Crippen LogP contribution in [0.15, 0.2) is 12.3 Å². The van der Waals surface area contributed by atoms with Gasteiger partial charge in [0.05, 0.1) is 17.8 Å². The summed E-state index contributed by atoms with van der Waals surface area (Å²) in [7, 11) is 0. The lowest BCUT2D eigenvalue weighted by molar-refractivity contribution is -0.207. The Balaban J connectivity index is 1.65. The Bertz CT molecular complexity index is 515. The number of aromatic amines is 1. The topological polar surface area (TPSA) is 65.6 Å². The first-order valence-corrected chi connectivity index (χ1v) is 7.81. The number of H-pyrrole nitrogens is 1. The summed E-state index contributed by atoms with van der Waals surface area (Å²) >= 11 is 0. The molecule has 1 aromatic heterocycles. The molecule has 1 aliphatic carbocycles. The Hall–Kier alpha value is -1.33. The average Bonchev–Trinajstić information content (AvgIpc) is 2.92. The maximum atomic E-state index is 12.5. The first-order chi connectivity index (χ1) is 10.1. The molecule has 5 nitrogen and oxygen atoms in total. The molecule has 5 heteroatoms. The molecule has 2 fully saturated rings. The highest BCUT2D eigenvalue weighted by atomic mass is 16.5. The zero-order chi connectivity index (χ0) is 15.0. The van der Waals surface area contributed by atoms with Crippen LogP contribution in [0.1, 0.15) is 42.2 Å². The summed E-state index contributed by atoms with van der Waals surface area (Å²) in [5.74, 6) is 0.0883. The number of nitrogens with zero attached hydrogens (tertiary/aromatic N) is 1. The molecule has 2 N–H and O–H groups in total. The third kappa shape index (κ3) is 2.28. The minimum Gasteiger partial charge on any atom is -0.392 e. The van der Waals surface area contributed by atoms with Crippen LogP contribution in [-0.2, 0) is 4.74 Å². The number of piperidine rings is 1. The van der Waals surface area contributed by atoms with Crippen molar-refractivity contribution < 1.29 is 14.6 Å². The molecule has 1 saturated carbocycles. The maximum Gasteiger partial charge on any atom is 0.255 e. The van der Waals surface area contributed by atoms with Crippen molar-refractivity contribution >= 4 is 5.91 Å². The minimum atomic E-state index is -0.278. The molecule has 0 bridgehead atoms. The van der Waals surface area contributed by atoms with E-state index in [1.165, 1.54) is 0 Å². The molecule has 2 unspecified atom stereocenters. The van der Waals surface area contributed by atoms with Crippen molar-refractivity contribution in [2.24, 2.45) is 5.41 Å². The van der Waals surface area contributed by atoms with Crippen LogP contribution in [0.4, 0.5) is 0 Å². The van der Waals surface area contributed by atoms with E-state index in [1.54, 1.807) is 6.20 Å². The van der Waals surface area contributed by atoms with Crippen LogP contribution in [0.25, 0.3) is 0 Å². The number of amides is 1. The standard InChI is InChI=1S/C16H24N2O3/c1-3-21-14-10-13(19)16(14)5-8-18(9-6-16)15(20)12-4-7-17-11(12)2/h4,7,13-14,17,19H,3,5-6,8-10H2,1-2H3. The third-order valence-electron chi connectivity index (χ3n) is 5.28. The number of nitrogens with one attached hydrogen (secondary N) is 1. The van der Waals surface area contributed by atoms with Crippen LogP contribution in [0.3, 0.4) is 0 Å². The molecule has 2 aliphatic rings. The van der Waals surface area contributed by atoms with E-state index in [4.69, 9.17) is 4.74 Å². The van der Waals surface area contributed by atoms with Crippen LogP contribution >= 0.6 is 0 Å². The monoisotopic (exact) mass is 292 g/mol. The SMILES string of the molecule is CCOC1CC(O)C12CCN(C(=O)c1cc[nH]c1C)CC2. The van der Waals surface area contributed by atoms with Crippen molar-refractivity contribution in [2.75, 3.05) is 19.7 Å². The molecule has 1 spiro atoms. The number of hydrogen-bond acceptors (Lipinski definition) is 3. The van der Waals surface area contributed by atoms with Gasteiger partial charge < -0.3 is 19.7 Å². The van der Waals surface area contributed by atoms with Gasteiger partial charge in [-0.2, -0.15) is 0 Å². The summed E-state index contributed by atoms with van der Waals surface area (Å²) in [4.78, 5) is 17.4. The second-order valence-electron chi connectivity index (χ2n) is 6.24. The molecule has 1 amide bonds. The quantitative estimate of drug-likeness (QED) is 0.891. The predicted molar refractivity (Wildman–Crippen MR) is 79.1 cm³/mol. The van der Waals surface area contributed by atoms with Gasteiger partial charge in [0.15, 0.2) is 0 Å². The smallest absolute Gasteiger partial charge is 0.255 e. The van der Waals surface area contributed by atoms with E-state index in [0.29, 0.717) is 19.7 Å². The number of carbonyl (C=O) groups excluding carboxylic acids is 1. The van der Waals surface area contributed by atoms with Crippen molar-refractivity contribution in [3.63, 3.8) is 0 Å². The van der Waals surface area contributed by atoms with Gasteiger partial charge in [0.25, 0.3) is 5.91 Å². The number of aliphatic hydroxyl groups is 1. The Morgan fingerprint density at radius 3 is 2.76 bits per heavy atom. The van der Waals surface area contributed by atoms with E-state index in [-0.39, 0.29) is 23.5 Å². The van der Waals surface area contributed by atoms with Gasteiger partial charge in [0, 0.05) is 43.4 Å². The minimum absolute atomic E-state index is 0.0883. The van der Waals surface area contributed by atoms with Crippen molar-refractivity contribution in [3.05, 3.63) is 23.5 Å². The lowest BCUT2D eigenvalue weighted by Gasteiger charge is -2.56. The van der Waals surface area contributed by atoms with E-state index in [1.807, 2.05) is 24.8 Å². The molecule has 2 atom stereocenters. The molecular formula is C16H24N2O3. The Labute approximate surface area is 125 Å². The lowest BCUT2D eigenvalue weighted by Crippen LogP contribution is -2.62. The first kappa shape index (κ1) is 14.6.